The van der Waals surface area contributed by atoms with Crippen molar-refractivity contribution in [3.05, 3.63) is 60.2 Å². The molecular formula is C22H24FN5O. The molecule has 0 amide bonds. The van der Waals surface area contributed by atoms with Crippen LogP contribution in [0.15, 0.2) is 47.5 Å². The zero-order valence-corrected chi connectivity index (χ0v) is 16.3. The Hall–Kier alpha value is -2.67. The number of pyridine rings is 2. The Morgan fingerprint density at radius 1 is 1.10 bits per heavy atom. The largest absolute Gasteiger partial charge is 0.334 e. The van der Waals surface area contributed by atoms with Gasteiger partial charge in [-0.05, 0) is 56.5 Å². The molecule has 2 aliphatic rings. The zero-order chi connectivity index (χ0) is 19.7. The van der Waals surface area contributed by atoms with Gasteiger partial charge in [0.15, 0.2) is 5.82 Å². The molecule has 0 aromatic carbocycles. The molecule has 29 heavy (non-hydrogen) atoms. The van der Waals surface area contributed by atoms with Gasteiger partial charge in [-0.25, -0.2) is 4.39 Å². The van der Waals surface area contributed by atoms with E-state index >= 15 is 0 Å². The average Bonchev–Trinajstić information content (AvgIpc) is 3.42. The van der Waals surface area contributed by atoms with E-state index in [1.54, 1.807) is 24.7 Å². The maximum Gasteiger partial charge on any atom is 0.259 e. The van der Waals surface area contributed by atoms with E-state index in [1.165, 1.54) is 19.0 Å². The summed E-state index contributed by atoms with van der Waals surface area (Å²) < 4.78 is 19.6. The molecule has 1 saturated heterocycles. The van der Waals surface area contributed by atoms with Crippen molar-refractivity contribution in [2.75, 3.05) is 13.1 Å². The number of rotatable bonds is 6. The van der Waals surface area contributed by atoms with Crippen LogP contribution >= 0.6 is 0 Å². The minimum Gasteiger partial charge on any atom is -0.334 e. The number of hydrogen-bond donors (Lipinski definition) is 0. The van der Waals surface area contributed by atoms with E-state index in [4.69, 9.17) is 9.51 Å². The van der Waals surface area contributed by atoms with Crippen LogP contribution in [-0.4, -0.2) is 38.1 Å². The lowest BCUT2D eigenvalue weighted by atomic mass is 9.73. The molecule has 0 atom stereocenters. The molecule has 150 valence electrons. The van der Waals surface area contributed by atoms with Crippen molar-refractivity contribution in [3.63, 3.8) is 0 Å². The monoisotopic (exact) mass is 393 g/mol. The molecule has 6 nitrogen and oxygen atoms in total. The molecule has 1 aliphatic carbocycles. The lowest BCUT2D eigenvalue weighted by molar-refractivity contribution is 0.132. The van der Waals surface area contributed by atoms with Crippen molar-refractivity contribution < 1.29 is 8.91 Å². The van der Waals surface area contributed by atoms with E-state index in [0.29, 0.717) is 18.0 Å². The van der Waals surface area contributed by atoms with E-state index in [0.717, 1.165) is 49.7 Å². The molecule has 0 radical (unpaired) electrons. The van der Waals surface area contributed by atoms with Gasteiger partial charge in [-0.15, -0.1) is 0 Å². The molecule has 2 fully saturated rings. The highest BCUT2D eigenvalue weighted by Crippen LogP contribution is 2.47. The molecule has 0 spiro atoms. The topological polar surface area (TPSA) is 67.9 Å². The fraction of sp³-hybridized carbons (Fsp3) is 0.455. The fourth-order valence-electron chi connectivity index (χ4n) is 4.35. The Kier molecular flexibility index (Phi) is 4.83. The Morgan fingerprint density at radius 2 is 1.93 bits per heavy atom. The number of aromatic nitrogens is 4. The quantitative estimate of drug-likeness (QED) is 0.631. The van der Waals surface area contributed by atoms with Crippen molar-refractivity contribution in [2.45, 2.75) is 44.1 Å². The molecule has 3 aromatic heterocycles. The normalized spacial score (nSPS) is 19.3. The van der Waals surface area contributed by atoms with Gasteiger partial charge in [-0.2, -0.15) is 4.98 Å². The smallest absolute Gasteiger partial charge is 0.259 e. The van der Waals surface area contributed by atoms with Crippen molar-refractivity contribution in [2.24, 2.45) is 5.92 Å². The van der Waals surface area contributed by atoms with E-state index < -0.39 is 0 Å². The maximum absolute atomic E-state index is 14.0. The summed E-state index contributed by atoms with van der Waals surface area (Å²) in [6, 6.07) is 5.57. The third-order valence-corrected chi connectivity index (χ3v) is 6.25. The molecular weight excluding hydrogens is 369 g/mol. The summed E-state index contributed by atoms with van der Waals surface area (Å²) in [5.74, 6) is 1.88. The predicted octanol–water partition coefficient (Wildman–Crippen LogP) is 4.00. The second kappa shape index (κ2) is 7.63. The van der Waals surface area contributed by atoms with Crippen molar-refractivity contribution in [3.8, 4) is 11.5 Å². The van der Waals surface area contributed by atoms with Crippen LogP contribution in [-0.2, 0) is 12.0 Å². The third kappa shape index (κ3) is 3.92. The first-order chi connectivity index (χ1) is 14.2. The van der Waals surface area contributed by atoms with Gasteiger partial charge in [0.1, 0.15) is 5.82 Å². The number of piperidine rings is 1. The molecule has 1 aliphatic heterocycles. The summed E-state index contributed by atoms with van der Waals surface area (Å²) in [5, 5.41) is 4.39. The Labute approximate surface area is 169 Å². The van der Waals surface area contributed by atoms with Crippen LogP contribution in [0.5, 0.6) is 0 Å². The van der Waals surface area contributed by atoms with E-state index in [-0.39, 0.29) is 11.2 Å². The van der Waals surface area contributed by atoms with Crippen LogP contribution in [0.1, 0.15) is 43.5 Å². The van der Waals surface area contributed by atoms with Crippen molar-refractivity contribution in [1.82, 2.24) is 25.0 Å². The second-order valence-electron chi connectivity index (χ2n) is 8.34. The highest BCUT2D eigenvalue weighted by atomic mass is 19.1. The number of likely N-dealkylation sites (tertiary alicyclic amines) is 1. The minimum absolute atomic E-state index is 0.0571. The van der Waals surface area contributed by atoms with Crippen molar-refractivity contribution in [1.29, 1.82) is 0 Å². The van der Waals surface area contributed by atoms with Gasteiger partial charge >= 0.3 is 0 Å². The molecule has 0 bridgehead atoms. The average molecular weight is 393 g/mol. The maximum atomic E-state index is 14.0. The third-order valence-electron chi connectivity index (χ3n) is 6.25. The number of halogens is 1. The lowest BCUT2D eigenvalue weighted by Crippen LogP contribution is -2.43. The van der Waals surface area contributed by atoms with E-state index in [1.807, 2.05) is 12.1 Å². The van der Waals surface area contributed by atoms with Gasteiger partial charge in [0.2, 0.25) is 0 Å². The molecule has 0 unspecified atom stereocenters. The van der Waals surface area contributed by atoms with Gasteiger partial charge in [0, 0.05) is 36.1 Å². The predicted molar refractivity (Wildman–Crippen MR) is 105 cm³/mol. The van der Waals surface area contributed by atoms with Gasteiger partial charge in [-0.1, -0.05) is 18.0 Å². The van der Waals surface area contributed by atoms with E-state index in [2.05, 4.69) is 20.0 Å². The summed E-state index contributed by atoms with van der Waals surface area (Å²) in [4.78, 5) is 15.1. The second-order valence-corrected chi connectivity index (χ2v) is 8.34. The highest BCUT2D eigenvalue weighted by Gasteiger charge is 2.44. The lowest BCUT2D eigenvalue weighted by Gasteiger charge is -2.40. The molecule has 0 N–H and O–H groups in total. The molecule has 5 rings (SSSR count). The minimum atomic E-state index is -0.235. The molecule has 4 heterocycles. The summed E-state index contributed by atoms with van der Waals surface area (Å²) >= 11 is 0. The summed E-state index contributed by atoms with van der Waals surface area (Å²) in [5.41, 5.74) is 1.49. The standard InChI is InChI=1S/C22H24FN5O/c23-19-14-25-9-5-18(19)15-28-10-6-22(7-11-28,12-16-3-4-16)21-26-20(29-27-21)17-2-1-8-24-13-17/h1-2,5,8-9,13-14,16H,3-4,6-7,10-12,15H2. The first-order valence-corrected chi connectivity index (χ1v) is 10.3. The van der Waals surface area contributed by atoms with Crippen LogP contribution in [0, 0.1) is 11.7 Å². The first-order valence-electron chi connectivity index (χ1n) is 10.3. The molecule has 7 heteroatoms. The highest BCUT2D eigenvalue weighted by molar-refractivity contribution is 5.50. The SMILES string of the molecule is Fc1cnccc1CN1CCC(CC2CC2)(c2noc(-c3cccnc3)n2)CC1. The first kappa shape index (κ1) is 18.4. The van der Waals surface area contributed by atoms with E-state index in [9.17, 15) is 4.39 Å². The molecule has 1 saturated carbocycles. The summed E-state index contributed by atoms with van der Waals surface area (Å²) in [7, 11) is 0. The molecule has 3 aromatic rings. The van der Waals surface area contributed by atoms with Crippen LogP contribution in [0.25, 0.3) is 11.5 Å². The summed E-state index contributed by atoms with van der Waals surface area (Å²) in [6.07, 6.45) is 12.0. The Bertz CT molecular complexity index is 964. The van der Waals surface area contributed by atoms with Crippen LogP contribution in [0.2, 0.25) is 0 Å². The Balaban J connectivity index is 1.34. The fourth-order valence-corrected chi connectivity index (χ4v) is 4.35. The van der Waals surface area contributed by atoms with Gasteiger partial charge in [-0.3, -0.25) is 14.9 Å². The van der Waals surface area contributed by atoms with Crippen LogP contribution < -0.4 is 0 Å². The number of nitrogens with zero attached hydrogens (tertiary/aromatic N) is 5. The number of hydrogen-bond acceptors (Lipinski definition) is 6. The zero-order valence-electron chi connectivity index (χ0n) is 16.3. The van der Waals surface area contributed by atoms with Crippen LogP contribution in [0.3, 0.4) is 0 Å². The van der Waals surface area contributed by atoms with Gasteiger partial charge in [0.25, 0.3) is 5.89 Å². The van der Waals surface area contributed by atoms with Crippen LogP contribution in [0.4, 0.5) is 4.39 Å². The van der Waals surface area contributed by atoms with Gasteiger partial charge < -0.3 is 4.52 Å². The summed E-state index contributed by atoms with van der Waals surface area (Å²) in [6.45, 7) is 2.40. The van der Waals surface area contributed by atoms with Crippen molar-refractivity contribution >= 4 is 0 Å². The Morgan fingerprint density at radius 3 is 2.66 bits per heavy atom. The van der Waals surface area contributed by atoms with Gasteiger partial charge in [0.05, 0.1) is 11.8 Å².